The molecule has 1 aromatic rings. The largest absolute Gasteiger partial charge is 0.372 e. The Morgan fingerprint density at radius 2 is 1.75 bits per heavy atom. The third-order valence-electron chi connectivity index (χ3n) is 3.27. The summed E-state index contributed by atoms with van der Waals surface area (Å²) in [4.78, 5) is 2.47. The van der Waals surface area contributed by atoms with Gasteiger partial charge in [0, 0.05) is 18.8 Å². The number of benzene rings is 1. The smallest absolute Gasteiger partial charge is 0.0368 e. The van der Waals surface area contributed by atoms with Crippen molar-refractivity contribution in [3.05, 3.63) is 29.3 Å². The van der Waals surface area contributed by atoms with Crippen LogP contribution in [0.5, 0.6) is 0 Å². The van der Waals surface area contributed by atoms with Crippen LogP contribution in [0.4, 0.5) is 5.69 Å². The Labute approximate surface area is 100 Å². The molecule has 0 aromatic heterocycles. The van der Waals surface area contributed by atoms with Crippen molar-refractivity contribution in [2.75, 3.05) is 18.0 Å². The first-order chi connectivity index (χ1) is 7.69. The van der Waals surface area contributed by atoms with Crippen LogP contribution in [0.2, 0.25) is 0 Å². The summed E-state index contributed by atoms with van der Waals surface area (Å²) in [6.45, 7) is 11.2. The molecule has 0 amide bonds. The number of hydrogen-bond donors (Lipinski definition) is 0. The third kappa shape index (κ3) is 3.55. The fourth-order valence-corrected chi connectivity index (χ4v) is 1.94. The zero-order chi connectivity index (χ0) is 12.0. The van der Waals surface area contributed by atoms with Crippen LogP contribution in [-0.4, -0.2) is 13.1 Å². The highest BCUT2D eigenvalue weighted by Gasteiger charge is 2.04. The van der Waals surface area contributed by atoms with E-state index in [0.717, 1.165) is 6.54 Å². The van der Waals surface area contributed by atoms with Gasteiger partial charge in [0.2, 0.25) is 0 Å². The maximum atomic E-state index is 2.47. The van der Waals surface area contributed by atoms with Gasteiger partial charge >= 0.3 is 0 Å². The number of rotatable bonds is 6. The number of hydrogen-bond acceptors (Lipinski definition) is 1. The minimum absolute atomic E-state index is 1.10. The molecule has 0 aliphatic heterocycles. The summed E-state index contributed by atoms with van der Waals surface area (Å²) in [7, 11) is 0. The van der Waals surface area contributed by atoms with Crippen molar-refractivity contribution in [3.63, 3.8) is 0 Å². The summed E-state index contributed by atoms with van der Waals surface area (Å²) in [6, 6.07) is 6.79. The topological polar surface area (TPSA) is 3.24 Å². The average molecular weight is 219 g/mol. The lowest BCUT2D eigenvalue weighted by Crippen LogP contribution is -2.23. The molecule has 0 atom stereocenters. The van der Waals surface area contributed by atoms with Gasteiger partial charge in [0.1, 0.15) is 0 Å². The Hall–Kier alpha value is -0.980. The second kappa shape index (κ2) is 6.57. The van der Waals surface area contributed by atoms with Gasteiger partial charge in [0.05, 0.1) is 0 Å². The molecule has 0 aliphatic carbocycles. The standard InChI is InChI=1S/C15H25N/c1-5-7-8-11-16(6-2)15-10-9-13(3)14(4)12-15/h9-10,12H,5-8,11H2,1-4H3. The zero-order valence-electron chi connectivity index (χ0n) is 11.2. The molecular formula is C15H25N. The van der Waals surface area contributed by atoms with Gasteiger partial charge in [0.25, 0.3) is 0 Å². The van der Waals surface area contributed by atoms with Gasteiger partial charge in [-0.05, 0) is 50.5 Å². The van der Waals surface area contributed by atoms with E-state index >= 15 is 0 Å². The first-order valence-corrected chi connectivity index (χ1v) is 6.51. The highest BCUT2D eigenvalue weighted by molar-refractivity contribution is 5.50. The molecule has 1 nitrogen and oxygen atoms in total. The summed E-state index contributed by atoms with van der Waals surface area (Å²) in [5.74, 6) is 0. The molecule has 0 saturated carbocycles. The molecule has 0 bridgehead atoms. The minimum Gasteiger partial charge on any atom is -0.372 e. The van der Waals surface area contributed by atoms with E-state index in [0.29, 0.717) is 0 Å². The Morgan fingerprint density at radius 3 is 2.31 bits per heavy atom. The number of nitrogens with zero attached hydrogens (tertiary/aromatic N) is 1. The summed E-state index contributed by atoms with van der Waals surface area (Å²) in [5, 5.41) is 0. The van der Waals surface area contributed by atoms with Gasteiger partial charge in [0.15, 0.2) is 0 Å². The van der Waals surface area contributed by atoms with Crippen LogP contribution in [0.1, 0.15) is 44.2 Å². The molecule has 0 N–H and O–H groups in total. The second-order valence-electron chi connectivity index (χ2n) is 4.56. The first kappa shape index (κ1) is 13.1. The predicted molar refractivity (Wildman–Crippen MR) is 73.3 cm³/mol. The van der Waals surface area contributed by atoms with E-state index in [1.54, 1.807) is 0 Å². The molecule has 1 heteroatoms. The van der Waals surface area contributed by atoms with E-state index < -0.39 is 0 Å². The van der Waals surface area contributed by atoms with Crippen molar-refractivity contribution in [2.24, 2.45) is 0 Å². The van der Waals surface area contributed by atoms with Gasteiger partial charge in [-0.25, -0.2) is 0 Å². The molecule has 1 aromatic carbocycles. The Balaban J connectivity index is 2.67. The highest BCUT2D eigenvalue weighted by Crippen LogP contribution is 2.19. The SMILES string of the molecule is CCCCCN(CC)c1ccc(C)c(C)c1. The molecule has 0 unspecified atom stereocenters. The summed E-state index contributed by atoms with van der Waals surface area (Å²) >= 11 is 0. The minimum atomic E-state index is 1.10. The molecule has 0 saturated heterocycles. The van der Waals surface area contributed by atoms with Gasteiger partial charge in [-0.1, -0.05) is 25.8 Å². The normalized spacial score (nSPS) is 10.5. The van der Waals surface area contributed by atoms with Crippen LogP contribution in [0.3, 0.4) is 0 Å². The highest BCUT2D eigenvalue weighted by atomic mass is 15.1. The summed E-state index contributed by atoms with van der Waals surface area (Å²) in [6.07, 6.45) is 3.93. The molecule has 0 heterocycles. The molecule has 0 spiro atoms. The lowest BCUT2D eigenvalue weighted by molar-refractivity contribution is 0.685. The van der Waals surface area contributed by atoms with Crippen molar-refractivity contribution >= 4 is 5.69 Å². The fourth-order valence-electron chi connectivity index (χ4n) is 1.94. The average Bonchev–Trinajstić information content (AvgIpc) is 2.29. The Bertz CT molecular complexity index is 317. The van der Waals surface area contributed by atoms with E-state index in [2.05, 4.69) is 50.8 Å². The Morgan fingerprint density at radius 1 is 1.00 bits per heavy atom. The van der Waals surface area contributed by atoms with E-state index in [9.17, 15) is 0 Å². The maximum Gasteiger partial charge on any atom is 0.0368 e. The van der Waals surface area contributed by atoms with Crippen LogP contribution < -0.4 is 4.90 Å². The predicted octanol–water partition coefficient (Wildman–Crippen LogP) is 4.32. The van der Waals surface area contributed by atoms with Crippen LogP contribution in [-0.2, 0) is 0 Å². The fraction of sp³-hybridized carbons (Fsp3) is 0.600. The maximum absolute atomic E-state index is 2.47. The van der Waals surface area contributed by atoms with Gasteiger partial charge in [-0.15, -0.1) is 0 Å². The van der Waals surface area contributed by atoms with E-state index in [-0.39, 0.29) is 0 Å². The monoisotopic (exact) mass is 219 g/mol. The Kier molecular flexibility index (Phi) is 5.37. The molecular weight excluding hydrogens is 194 g/mol. The van der Waals surface area contributed by atoms with E-state index in [1.807, 2.05) is 0 Å². The summed E-state index contributed by atoms with van der Waals surface area (Å²) in [5.41, 5.74) is 4.15. The van der Waals surface area contributed by atoms with Gasteiger partial charge < -0.3 is 4.90 Å². The lowest BCUT2D eigenvalue weighted by Gasteiger charge is -2.23. The van der Waals surface area contributed by atoms with E-state index in [4.69, 9.17) is 0 Å². The van der Waals surface area contributed by atoms with Crippen molar-refractivity contribution < 1.29 is 0 Å². The second-order valence-corrected chi connectivity index (χ2v) is 4.56. The van der Waals surface area contributed by atoms with Crippen molar-refractivity contribution in [2.45, 2.75) is 47.0 Å². The lowest BCUT2D eigenvalue weighted by atomic mass is 10.1. The quantitative estimate of drug-likeness (QED) is 0.644. The number of aryl methyl sites for hydroxylation is 2. The van der Waals surface area contributed by atoms with Crippen molar-refractivity contribution in [1.29, 1.82) is 0 Å². The first-order valence-electron chi connectivity index (χ1n) is 6.51. The molecule has 0 fully saturated rings. The van der Waals surface area contributed by atoms with Crippen LogP contribution in [0.15, 0.2) is 18.2 Å². The molecule has 0 aliphatic rings. The molecule has 90 valence electrons. The zero-order valence-corrected chi connectivity index (χ0v) is 11.2. The van der Waals surface area contributed by atoms with Crippen molar-refractivity contribution in [3.8, 4) is 0 Å². The van der Waals surface area contributed by atoms with Gasteiger partial charge in [-0.2, -0.15) is 0 Å². The third-order valence-corrected chi connectivity index (χ3v) is 3.27. The van der Waals surface area contributed by atoms with Crippen LogP contribution >= 0.6 is 0 Å². The van der Waals surface area contributed by atoms with Crippen LogP contribution in [0.25, 0.3) is 0 Å². The molecule has 1 rings (SSSR count). The molecule has 16 heavy (non-hydrogen) atoms. The van der Waals surface area contributed by atoms with Crippen LogP contribution in [0, 0.1) is 13.8 Å². The number of unbranched alkanes of at least 4 members (excludes halogenated alkanes) is 2. The number of anilines is 1. The molecule has 0 radical (unpaired) electrons. The van der Waals surface area contributed by atoms with Crippen molar-refractivity contribution in [1.82, 2.24) is 0 Å². The summed E-state index contributed by atoms with van der Waals surface area (Å²) < 4.78 is 0. The van der Waals surface area contributed by atoms with Gasteiger partial charge in [-0.3, -0.25) is 0 Å². The van der Waals surface area contributed by atoms with E-state index in [1.165, 1.54) is 42.6 Å².